The van der Waals surface area contributed by atoms with Gasteiger partial charge in [0.15, 0.2) is 0 Å². The smallest absolute Gasteiger partial charge is 0.240 e. The lowest BCUT2D eigenvalue weighted by molar-refractivity contribution is 0.271. The highest BCUT2D eigenvalue weighted by Crippen LogP contribution is 2.16. The highest BCUT2D eigenvalue weighted by atomic mass is 32.2. The van der Waals surface area contributed by atoms with Gasteiger partial charge in [-0.1, -0.05) is 6.07 Å². The van der Waals surface area contributed by atoms with E-state index >= 15 is 0 Å². The highest BCUT2D eigenvalue weighted by Gasteiger charge is 2.17. The maximum absolute atomic E-state index is 12.3. The molecule has 0 saturated carbocycles. The van der Waals surface area contributed by atoms with E-state index in [1.165, 1.54) is 6.07 Å². The summed E-state index contributed by atoms with van der Waals surface area (Å²) in [7, 11) is -1.55. The van der Waals surface area contributed by atoms with Crippen LogP contribution in [0.2, 0.25) is 0 Å². The van der Waals surface area contributed by atoms with Crippen LogP contribution in [0.5, 0.6) is 0 Å². The fourth-order valence-electron chi connectivity index (χ4n) is 1.83. The van der Waals surface area contributed by atoms with Crippen molar-refractivity contribution in [1.82, 2.24) is 9.62 Å². The molecule has 6 heteroatoms. The Kier molecular flexibility index (Phi) is 6.34. The summed E-state index contributed by atoms with van der Waals surface area (Å²) in [5.74, 6) is 0. The number of rotatable bonds is 7. The Morgan fingerprint density at radius 1 is 1.38 bits per heavy atom. The van der Waals surface area contributed by atoms with Crippen LogP contribution in [0.4, 0.5) is 0 Å². The Bertz CT molecular complexity index is 618. The van der Waals surface area contributed by atoms with Crippen LogP contribution in [0.25, 0.3) is 0 Å². The van der Waals surface area contributed by atoms with Gasteiger partial charge in [0.2, 0.25) is 10.0 Å². The molecule has 116 valence electrons. The second-order valence-electron chi connectivity index (χ2n) is 5.42. The van der Waals surface area contributed by atoms with Gasteiger partial charge in [-0.3, -0.25) is 0 Å². The molecule has 1 rings (SSSR count). The number of hydrogen-bond donors (Lipinski definition) is 1. The maximum atomic E-state index is 12.3. The first-order chi connectivity index (χ1) is 9.77. The number of nitrogens with one attached hydrogen (secondary N) is 1. The Hall–Kier alpha value is -1.42. The molecule has 1 aromatic rings. The van der Waals surface area contributed by atoms with Gasteiger partial charge in [0, 0.05) is 12.6 Å². The van der Waals surface area contributed by atoms with Crippen molar-refractivity contribution in [3.05, 3.63) is 29.3 Å². The molecule has 0 spiro atoms. The lowest BCUT2D eigenvalue weighted by atomic mass is 10.2. The molecule has 0 aliphatic heterocycles. The number of benzene rings is 1. The third-order valence-corrected chi connectivity index (χ3v) is 5.07. The van der Waals surface area contributed by atoms with Crippen LogP contribution in [0.3, 0.4) is 0 Å². The number of nitrogens with zero attached hydrogens (tertiary/aromatic N) is 2. The van der Waals surface area contributed by atoms with Crippen molar-refractivity contribution in [2.45, 2.75) is 38.1 Å². The molecule has 21 heavy (non-hydrogen) atoms. The zero-order valence-electron chi connectivity index (χ0n) is 13.0. The van der Waals surface area contributed by atoms with Gasteiger partial charge in [-0.2, -0.15) is 5.26 Å². The maximum Gasteiger partial charge on any atom is 0.240 e. The molecule has 0 radical (unpaired) electrons. The summed E-state index contributed by atoms with van der Waals surface area (Å²) in [6.45, 7) is 7.14. The Morgan fingerprint density at radius 3 is 2.62 bits per heavy atom. The Labute approximate surface area is 127 Å². The van der Waals surface area contributed by atoms with E-state index in [0.29, 0.717) is 23.7 Å². The number of nitriles is 1. The van der Waals surface area contributed by atoms with Crippen molar-refractivity contribution in [2.75, 3.05) is 20.1 Å². The molecule has 0 aromatic heterocycles. The Morgan fingerprint density at radius 2 is 2.05 bits per heavy atom. The van der Waals surface area contributed by atoms with E-state index in [4.69, 9.17) is 5.26 Å². The van der Waals surface area contributed by atoms with Gasteiger partial charge < -0.3 is 4.90 Å². The van der Waals surface area contributed by atoms with Crippen molar-refractivity contribution in [2.24, 2.45) is 0 Å². The van der Waals surface area contributed by atoms with Crippen molar-refractivity contribution in [3.63, 3.8) is 0 Å². The van der Waals surface area contributed by atoms with Crippen molar-refractivity contribution in [3.8, 4) is 6.07 Å². The monoisotopic (exact) mass is 309 g/mol. The van der Waals surface area contributed by atoms with E-state index < -0.39 is 10.0 Å². The molecule has 0 bridgehead atoms. The number of hydrogen-bond acceptors (Lipinski definition) is 4. The fraction of sp³-hybridized carbons (Fsp3) is 0.533. The molecule has 0 heterocycles. The van der Waals surface area contributed by atoms with Gasteiger partial charge in [0.05, 0.1) is 16.5 Å². The largest absolute Gasteiger partial charge is 0.304 e. The van der Waals surface area contributed by atoms with Crippen molar-refractivity contribution >= 4 is 10.0 Å². The van der Waals surface area contributed by atoms with Crippen LogP contribution in [0.1, 0.15) is 31.4 Å². The molecular weight excluding hydrogens is 286 g/mol. The first-order valence-electron chi connectivity index (χ1n) is 6.98. The number of aryl methyl sites for hydroxylation is 1. The van der Waals surface area contributed by atoms with Crippen molar-refractivity contribution < 1.29 is 8.42 Å². The van der Waals surface area contributed by atoms with Crippen LogP contribution in [0, 0.1) is 18.3 Å². The second kappa shape index (κ2) is 7.55. The molecule has 1 aromatic carbocycles. The highest BCUT2D eigenvalue weighted by molar-refractivity contribution is 7.89. The zero-order valence-corrected chi connectivity index (χ0v) is 13.9. The van der Waals surface area contributed by atoms with E-state index in [1.807, 2.05) is 13.1 Å². The average Bonchev–Trinajstić information content (AvgIpc) is 2.43. The lowest BCUT2D eigenvalue weighted by Crippen LogP contribution is -2.31. The summed E-state index contributed by atoms with van der Waals surface area (Å²) in [5, 5.41) is 8.88. The molecular formula is C15H23N3O2S. The molecule has 0 atom stereocenters. The van der Waals surface area contributed by atoms with E-state index in [2.05, 4.69) is 23.5 Å². The van der Waals surface area contributed by atoms with E-state index in [9.17, 15) is 8.42 Å². The predicted molar refractivity (Wildman–Crippen MR) is 83.5 cm³/mol. The molecule has 0 saturated heterocycles. The summed E-state index contributed by atoms with van der Waals surface area (Å²) in [6, 6.07) is 7.09. The van der Waals surface area contributed by atoms with E-state index in [-0.39, 0.29) is 4.90 Å². The summed E-state index contributed by atoms with van der Waals surface area (Å²) in [5.41, 5.74) is 0.987. The van der Waals surface area contributed by atoms with Gasteiger partial charge in [0.25, 0.3) is 0 Å². The van der Waals surface area contributed by atoms with Crippen molar-refractivity contribution in [1.29, 1.82) is 5.26 Å². The molecule has 0 fully saturated rings. The van der Waals surface area contributed by atoms with Gasteiger partial charge >= 0.3 is 0 Å². The van der Waals surface area contributed by atoms with Crippen LogP contribution < -0.4 is 4.72 Å². The van der Waals surface area contributed by atoms with Crippen LogP contribution >= 0.6 is 0 Å². The molecule has 0 amide bonds. The number of sulfonamides is 1. The minimum atomic E-state index is -3.56. The summed E-state index contributed by atoms with van der Waals surface area (Å²) < 4.78 is 27.1. The van der Waals surface area contributed by atoms with E-state index in [1.54, 1.807) is 19.1 Å². The average molecular weight is 309 g/mol. The minimum Gasteiger partial charge on any atom is -0.304 e. The predicted octanol–water partition coefficient (Wildman–Crippen LogP) is 1.88. The quantitative estimate of drug-likeness (QED) is 0.780. The summed E-state index contributed by atoms with van der Waals surface area (Å²) in [6.07, 6.45) is 0.741. The first kappa shape index (κ1) is 17.6. The minimum absolute atomic E-state index is 0.179. The second-order valence-corrected chi connectivity index (χ2v) is 7.15. The van der Waals surface area contributed by atoms with Crippen LogP contribution in [-0.4, -0.2) is 39.5 Å². The molecule has 0 aliphatic carbocycles. The molecule has 0 aliphatic rings. The van der Waals surface area contributed by atoms with Gasteiger partial charge in [-0.15, -0.1) is 0 Å². The normalized spacial score (nSPS) is 11.9. The third-order valence-electron chi connectivity index (χ3n) is 3.47. The Balaban J connectivity index is 2.68. The third kappa shape index (κ3) is 5.12. The SMILES string of the molecule is Cc1ccc(C#N)cc1S(=O)(=O)NCCCN(C)C(C)C. The van der Waals surface area contributed by atoms with E-state index in [0.717, 1.165) is 13.0 Å². The standard InChI is InChI=1S/C15H23N3O2S/c1-12(2)18(4)9-5-8-17-21(19,20)15-10-14(11-16)7-6-13(15)3/h6-7,10,12,17H,5,8-9H2,1-4H3. The van der Waals surface area contributed by atoms with Crippen LogP contribution in [0.15, 0.2) is 23.1 Å². The van der Waals surface area contributed by atoms with Gasteiger partial charge in [-0.25, -0.2) is 13.1 Å². The van der Waals surface area contributed by atoms with Gasteiger partial charge in [0.1, 0.15) is 0 Å². The fourth-order valence-corrected chi connectivity index (χ4v) is 3.17. The lowest BCUT2D eigenvalue weighted by Gasteiger charge is -2.20. The first-order valence-corrected chi connectivity index (χ1v) is 8.47. The summed E-state index contributed by atoms with van der Waals surface area (Å²) >= 11 is 0. The molecule has 1 N–H and O–H groups in total. The topological polar surface area (TPSA) is 73.2 Å². The summed E-state index contributed by atoms with van der Waals surface area (Å²) in [4.78, 5) is 2.34. The molecule has 0 unspecified atom stereocenters. The van der Waals surface area contributed by atoms with Crippen LogP contribution in [-0.2, 0) is 10.0 Å². The molecule has 5 nitrogen and oxygen atoms in total. The van der Waals surface area contributed by atoms with Gasteiger partial charge in [-0.05, 0) is 58.5 Å². The zero-order chi connectivity index (χ0) is 16.0.